The summed E-state index contributed by atoms with van der Waals surface area (Å²) in [5, 5.41) is 31.9. The third kappa shape index (κ3) is 9.28. The number of nitrogens with zero attached hydrogens (tertiary/aromatic N) is 6. The monoisotopic (exact) mass is 912 g/mol. The predicted octanol–water partition coefficient (Wildman–Crippen LogP) is -4.29. The van der Waals surface area contributed by atoms with Crippen LogP contribution in [0.1, 0.15) is 12.5 Å². The number of nitrogens with two attached hydrogens (primary N) is 2. The number of fused-ring (bicyclic) bond motifs is 2. The number of aliphatic hydroxyl groups is 3. The number of imidazole rings is 2. The van der Waals surface area contributed by atoms with Gasteiger partial charge in [0.25, 0.3) is 17.1 Å². The fraction of sp³-hybridized carbons (Fsp3) is 0.545. The zero-order chi connectivity index (χ0) is 42.0. The van der Waals surface area contributed by atoms with Crippen LogP contribution < -0.4 is 32.0 Å². The van der Waals surface area contributed by atoms with E-state index in [-0.39, 0.29) is 34.2 Å². The minimum atomic E-state index is -6.16. The van der Waals surface area contributed by atoms with Gasteiger partial charge in [0.1, 0.15) is 43.3 Å². The quantitative estimate of drug-likeness (QED) is 0.0398. The number of ether oxygens (including phenoxy) is 3. The largest absolute Gasteiger partial charge is 0.779 e. The van der Waals surface area contributed by atoms with E-state index in [1.807, 2.05) is 0 Å². The Morgan fingerprint density at radius 3 is 2.19 bits per heavy atom. The fourth-order valence-corrected chi connectivity index (χ4v) is 11.7. The SMILES string of the molecule is CO[C@@H]1[C@H](O)[C@@H](COP(=O)(O)OP(=O)(O)OP(=O)(O)OP([O-])(=S)OC[C@H]2O[C@@H](n3cnc4c(=O)[nH]c(N)nc43)[C@H](O)[C@@H]2O)O[C@H]1[n+]1cn(C)c2c(=O)[nH]c(N)nc21. The van der Waals surface area contributed by atoms with Crippen molar-refractivity contribution in [3.05, 3.63) is 33.4 Å². The molecule has 4 unspecified atom stereocenters. The average Bonchev–Trinajstić information content (AvgIpc) is 3.80. The number of aromatic amines is 2. The number of methoxy groups -OCH3 is 1. The first-order valence-electron chi connectivity index (χ1n) is 15.5. The Morgan fingerprint density at radius 1 is 0.912 bits per heavy atom. The van der Waals surface area contributed by atoms with Crippen molar-refractivity contribution in [3.8, 4) is 0 Å². The minimum Gasteiger partial charge on any atom is -0.779 e. The van der Waals surface area contributed by atoms with Crippen LogP contribution in [0.15, 0.2) is 22.2 Å². The molecule has 6 rings (SSSR count). The molecule has 0 amide bonds. The van der Waals surface area contributed by atoms with Crippen molar-refractivity contribution in [2.45, 2.75) is 49.1 Å². The van der Waals surface area contributed by atoms with E-state index in [1.54, 1.807) is 0 Å². The molecule has 0 spiro atoms. The van der Waals surface area contributed by atoms with Crippen molar-refractivity contribution in [3.63, 3.8) is 0 Å². The van der Waals surface area contributed by atoms with Crippen molar-refractivity contribution in [1.29, 1.82) is 0 Å². The number of nitrogens with one attached hydrogen (secondary N) is 2. The van der Waals surface area contributed by atoms with Gasteiger partial charge in [-0.15, -0.1) is 0 Å². The lowest BCUT2D eigenvalue weighted by molar-refractivity contribution is -0.746. The first-order valence-corrected chi connectivity index (χ1v) is 22.5. The number of aryl methyl sites for hydroxylation is 1. The second-order valence-corrected chi connectivity index (χ2v) is 19.5. The van der Waals surface area contributed by atoms with E-state index in [1.165, 1.54) is 29.6 Å². The van der Waals surface area contributed by atoms with Gasteiger partial charge in [0.05, 0.1) is 26.6 Å². The number of nitrogen functional groups attached to an aromatic ring is 2. The highest BCUT2D eigenvalue weighted by atomic mass is 32.5. The predicted molar refractivity (Wildman–Crippen MR) is 184 cm³/mol. The van der Waals surface area contributed by atoms with E-state index in [4.69, 9.17) is 30.2 Å². The standard InChI is InChI=1S/C22H32N10O20P4S/c1-30-6-32(16-10(30)18(37)29-22(24)27-16)20-14(45-2)12(34)8(49-20)3-46-53(38,39)50-54(40,41)51-55(42,43)52-56(44,57)47-4-7-11(33)13(35)19(48-7)31-5-25-9-15(31)26-21(23)28-17(9)36/h5-8,11-14,19-20,33-35H,3-4H2,1-2H3,(H9-,23,24,26,27,28,29,36,37,38,39,40,41,42,43,44,57)/t7-,8-,11-,12-,13-,14-,19-,20-,56?/m1/s1. The molecule has 0 aromatic carbocycles. The second kappa shape index (κ2) is 15.9. The number of H-pyrrole nitrogens is 2. The molecule has 57 heavy (non-hydrogen) atoms. The zero-order valence-corrected chi connectivity index (χ0v) is 33.0. The third-order valence-corrected chi connectivity index (χ3v) is 14.9. The van der Waals surface area contributed by atoms with Crippen molar-refractivity contribution in [1.82, 2.24) is 34.1 Å². The van der Waals surface area contributed by atoms with Crippen LogP contribution in [0.2, 0.25) is 0 Å². The number of aliphatic hydroxyl groups excluding tert-OH is 3. The van der Waals surface area contributed by atoms with Gasteiger partial charge < -0.3 is 65.1 Å². The molecule has 35 heteroatoms. The molecule has 0 radical (unpaired) electrons. The maximum atomic E-state index is 12.7. The van der Waals surface area contributed by atoms with Crippen molar-refractivity contribution >= 4 is 76.2 Å². The summed E-state index contributed by atoms with van der Waals surface area (Å²) in [5.41, 5.74) is 9.56. The summed E-state index contributed by atoms with van der Waals surface area (Å²) in [6.07, 6.45) is -9.90. The lowest BCUT2D eigenvalue weighted by Crippen LogP contribution is -2.47. The summed E-state index contributed by atoms with van der Waals surface area (Å²) in [5.74, 6) is -0.570. The second-order valence-electron chi connectivity index (χ2n) is 12.0. The first-order chi connectivity index (χ1) is 26.4. The molecule has 4 aromatic heterocycles. The Kier molecular flexibility index (Phi) is 12.2. The molecule has 316 valence electrons. The van der Waals surface area contributed by atoms with Crippen molar-refractivity contribution < 1.29 is 89.3 Å². The van der Waals surface area contributed by atoms with Crippen LogP contribution in [-0.4, -0.2) is 121 Å². The van der Waals surface area contributed by atoms with E-state index in [0.717, 1.165) is 10.9 Å². The molecule has 12 atom stereocenters. The van der Waals surface area contributed by atoms with Crippen LogP contribution in [-0.2, 0) is 68.7 Å². The average molecular weight is 913 g/mol. The van der Waals surface area contributed by atoms with Gasteiger partial charge in [0.15, 0.2) is 23.7 Å². The van der Waals surface area contributed by atoms with Gasteiger partial charge in [-0.05, 0) is 0 Å². The highest BCUT2D eigenvalue weighted by Gasteiger charge is 2.50. The van der Waals surface area contributed by atoms with Crippen LogP contribution in [0.3, 0.4) is 0 Å². The molecule has 0 bridgehead atoms. The Labute approximate surface area is 320 Å². The highest BCUT2D eigenvalue weighted by molar-refractivity contribution is 8.07. The number of anilines is 2. The van der Waals surface area contributed by atoms with Crippen LogP contribution in [0.25, 0.3) is 22.3 Å². The molecule has 2 aliphatic heterocycles. The van der Waals surface area contributed by atoms with Gasteiger partial charge in [0, 0.05) is 7.11 Å². The lowest BCUT2D eigenvalue weighted by Gasteiger charge is -2.30. The minimum absolute atomic E-state index is 0.000989. The number of aromatic nitrogens is 8. The van der Waals surface area contributed by atoms with E-state index in [0.29, 0.717) is 0 Å². The van der Waals surface area contributed by atoms with E-state index in [9.17, 15) is 58.2 Å². The molecule has 2 saturated heterocycles. The normalized spacial score (nSPS) is 29.6. The summed E-state index contributed by atoms with van der Waals surface area (Å²) in [7, 11) is -15.3. The van der Waals surface area contributed by atoms with Gasteiger partial charge in [-0.25, -0.2) is 27.6 Å². The Morgan fingerprint density at radius 2 is 1.51 bits per heavy atom. The van der Waals surface area contributed by atoms with Gasteiger partial charge in [-0.2, -0.15) is 13.6 Å². The molecule has 4 aromatic rings. The van der Waals surface area contributed by atoms with Gasteiger partial charge in [-0.1, -0.05) is 16.8 Å². The zero-order valence-electron chi connectivity index (χ0n) is 28.6. The molecular formula is C22H32N10O20P4S. The summed E-state index contributed by atoms with van der Waals surface area (Å²) in [6.45, 7) is -7.31. The molecule has 6 heterocycles. The summed E-state index contributed by atoms with van der Waals surface area (Å²) < 4.78 is 79.4. The molecular weight excluding hydrogens is 880 g/mol. The van der Waals surface area contributed by atoms with Crippen molar-refractivity contribution in [2.24, 2.45) is 7.05 Å². The van der Waals surface area contributed by atoms with E-state index >= 15 is 0 Å². The van der Waals surface area contributed by atoms with Crippen LogP contribution in [0.5, 0.6) is 0 Å². The molecule has 30 nitrogen and oxygen atoms in total. The number of rotatable bonds is 15. The first kappa shape index (κ1) is 43.6. The maximum Gasteiger partial charge on any atom is 0.490 e. The van der Waals surface area contributed by atoms with Crippen LogP contribution >= 0.6 is 30.2 Å². The van der Waals surface area contributed by atoms with Gasteiger partial charge in [0.2, 0.25) is 17.7 Å². The summed E-state index contributed by atoms with van der Waals surface area (Å²) >= 11 is 4.52. The molecule has 0 saturated carbocycles. The maximum absolute atomic E-state index is 12.7. The van der Waals surface area contributed by atoms with Crippen LogP contribution in [0, 0.1) is 0 Å². The van der Waals surface area contributed by atoms with E-state index < -0.39 is 104 Å². The van der Waals surface area contributed by atoms with Crippen molar-refractivity contribution in [2.75, 3.05) is 31.8 Å². The number of hydrogen-bond donors (Lipinski definition) is 10. The number of phosphoric ester groups is 1. The molecule has 2 aliphatic rings. The highest BCUT2D eigenvalue weighted by Crippen LogP contribution is 2.71. The third-order valence-electron chi connectivity index (χ3n) is 8.13. The molecule has 2 fully saturated rings. The lowest BCUT2D eigenvalue weighted by atomic mass is 10.1. The molecule has 0 aliphatic carbocycles. The van der Waals surface area contributed by atoms with Gasteiger partial charge in [-0.3, -0.25) is 33.2 Å². The van der Waals surface area contributed by atoms with Gasteiger partial charge >= 0.3 is 29.1 Å². The van der Waals surface area contributed by atoms with E-state index in [2.05, 4.69) is 54.2 Å². The smallest absolute Gasteiger partial charge is 0.490 e. The Bertz CT molecular complexity index is 2500. The summed E-state index contributed by atoms with van der Waals surface area (Å²) in [6, 6.07) is 0. The summed E-state index contributed by atoms with van der Waals surface area (Å²) in [4.78, 5) is 83.7. The number of hydrogen-bond acceptors (Lipinski definition) is 23. The fourth-order valence-electron chi connectivity index (χ4n) is 5.81. The molecule has 12 N–H and O–H groups in total. The topological polar surface area (TPSA) is 440 Å². The Hall–Kier alpha value is -2.96. The Balaban J connectivity index is 1.04. The number of phosphoric acid groups is 3. The van der Waals surface area contributed by atoms with Crippen LogP contribution in [0.4, 0.5) is 11.9 Å².